The van der Waals surface area contributed by atoms with E-state index < -0.39 is 0 Å². The molecule has 0 saturated carbocycles. The molecule has 3 rings (SSSR count). The van der Waals surface area contributed by atoms with E-state index in [4.69, 9.17) is 9.97 Å². The van der Waals surface area contributed by atoms with Gasteiger partial charge in [-0.05, 0) is 13.5 Å². The van der Waals surface area contributed by atoms with Gasteiger partial charge in [0.1, 0.15) is 5.82 Å². The van der Waals surface area contributed by atoms with Gasteiger partial charge in [-0.15, -0.1) is 0 Å². The fourth-order valence-electron chi connectivity index (χ4n) is 2.84. The first-order valence-electron chi connectivity index (χ1n) is 8.88. The zero-order valence-electron chi connectivity index (χ0n) is 14.7. The lowest BCUT2D eigenvalue weighted by molar-refractivity contribution is 0.312. The summed E-state index contributed by atoms with van der Waals surface area (Å²) in [5.74, 6) is 1.76. The van der Waals surface area contributed by atoms with Gasteiger partial charge < -0.3 is 15.1 Å². The number of hydrogen-bond acceptors (Lipinski definition) is 5. The molecule has 0 atom stereocenters. The molecule has 24 heavy (non-hydrogen) atoms. The van der Waals surface area contributed by atoms with E-state index in [0.717, 1.165) is 68.6 Å². The maximum Gasteiger partial charge on any atom is 0.225 e. The first-order chi connectivity index (χ1) is 11.8. The molecule has 0 unspecified atom stereocenters. The summed E-state index contributed by atoms with van der Waals surface area (Å²) in [7, 11) is 2.17. The molecular formula is C19H27N5. The van der Waals surface area contributed by atoms with Crippen LogP contribution < -0.4 is 10.2 Å². The summed E-state index contributed by atoms with van der Waals surface area (Å²) in [6, 6.07) is 12.5. The monoisotopic (exact) mass is 325 g/mol. The highest BCUT2D eigenvalue weighted by Gasteiger charge is 2.17. The summed E-state index contributed by atoms with van der Waals surface area (Å²) in [4.78, 5) is 14.2. The molecular weight excluding hydrogens is 298 g/mol. The van der Waals surface area contributed by atoms with Crippen molar-refractivity contribution >= 4 is 11.8 Å². The molecule has 5 heteroatoms. The number of piperazine rings is 1. The number of nitrogens with one attached hydrogen (secondary N) is 1. The SMILES string of the molecule is CCCCNc1nc(-c2ccccc2)cc(N2CCN(C)CC2)n1. The molecule has 1 aromatic heterocycles. The van der Waals surface area contributed by atoms with Gasteiger partial charge in [-0.1, -0.05) is 43.7 Å². The third kappa shape index (κ3) is 4.23. The van der Waals surface area contributed by atoms with E-state index in [1.54, 1.807) is 0 Å². The van der Waals surface area contributed by atoms with Crippen molar-refractivity contribution in [2.24, 2.45) is 0 Å². The average molecular weight is 325 g/mol. The van der Waals surface area contributed by atoms with Gasteiger partial charge in [0.2, 0.25) is 5.95 Å². The van der Waals surface area contributed by atoms with Crippen LogP contribution in [0.1, 0.15) is 19.8 Å². The molecule has 1 N–H and O–H groups in total. The fraction of sp³-hybridized carbons (Fsp3) is 0.474. The van der Waals surface area contributed by atoms with Crippen LogP contribution in [0, 0.1) is 0 Å². The smallest absolute Gasteiger partial charge is 0.225 e. The Bertz CT molecular complexity index is 635. The van der Waals surface area contributed by atoms with E-state index in [1.165, 1.54) is 0 Å². The van der Waals surface area contributed by atoms with Crippen LogP contribution in [0.5, 0.6) is 0 Å². The Hall–Kier alpha value is -2.14. The number of nitrogens with zero attached hydrogens (tertiary/aromatic N) is 4. The van der Waals surface area contributed by atoms with Crippen LogP contribution in [0.4, 0.5) is 11.8 Å². The first-order valence-corrected chi connectivity index (χ1v) is 8.88. The van der Waals surface area contributed by atoms with E-state index in [1.807, 2.05) is 6.07 Å². The molecule has 0 radical (unpaired) electrons. The average Bonchev–Trinajstić information content (AvgIpc) is 2.63. The van der Waals surface area contributed by atoms with E-state index in [-0.39, 0.29) is 0 Å². The highest BCUT2D eigenvalue weighted by molar-refractivity contribution is 5.64. The maximum absolute atomic E-state index is 4.76. The summed E-state index contributed by atoms with van der Waals surface area (Å²) < 4.78 is 0. The molecule has 0 aliphatic carbocycles. The maximum atomic E-state index is 4.76. The van der Waals surface area contributed by atoms with Crippen LogP contribution in [0.3, 0.4) is 0 Å². The predicted molar refractivity (Wildman–Crippen MR) is 101 cm³/mol. The summed E-state index contributed by atoms with van der Waals surface area (Å²) in [6.45, 7) is 7.27. The zero-order valence-corrected chi connectivity index (χ0v) is 14.7. The predicted octanol–water partition coefficient (Wildman–Crippen LogP) is 3.11. The van der Waals surface area contributed by atoms with Crippen molar-refractivity contribution in [3.05, 3.63) is 36.4 Å². The molecule has 1 aromatic carbocycles. The van der Waals surface area contributed by atoms with Crippen molar-refractivity contribution in [1.82, 2.24) is 14.9 Å². The van der Waals surface area contributed by atoms with Crippen molar-refractivity contribution in [3.8, 4) is 11.3 Å². The van der Waals surface area contributed by atoms with E-state index >= 15 is 0 Å². The lowest BCUT2D eigenvalue weighted by atomic mass is 10.1. The molecule has 128 valence electrons. The van der Waals surface area contributed by atoms with Crippen molar-refractivity contribution in [3.63, 3.8) is 0 Å². The molecule has 0 spiro atoms. The third-order valence-corrected chi connectivity index (χ3v) is 4.42. The van der Waals surface area contributed by atoms with Crippen LogP contribution in [0.15, 0.2) is 36.4 Å². The molecule has 1 fully saturated rings. The summed E-state index contributed by atoms with van der Waals surface area (Å²) in [5.41, 5.74) is 2.12. The second kappa shape index (κ2) is 8.11. The van der Waals surface area contributed by atoms with Crippen LogP contribution in [-0.2, 0) is 0 Å². The minimum absolute atomic E-state index is 0.735. The number of anilines is 2. The van der Waals surface area contributed by atoms with Crippen LogP contribution >= 0.6 is 0 Å². The fourth-order valence-corrected chi connectivity index (χ4v) is 2.84. The Kier molecular flexibility index (Phi) is 5.64. The molecule has 5 nitrogen and oxygen atoms in total. The molecule has 0 amide bonds. The van der Waals surface area contributed by atoms with E-state index in [2.05, 4.69) is 59.4 Å². The Balaban J connectivity index is 1.87. The largest absolute Gasteiger partial charge is 0.354 e. The normalized spacial score (nSPS) is 15.5. The lowest BCUT2D eigenvalue weighted by Crippen LogP contribution is -2.44. The Labute approximate surface area is 144 Å². The van der Waals surface area contributed by atoms with E-state index in [9.17, 15) is 0 Å². The molecule has 1 aliphatic rings. The van der Waals surface area contributed by atoms with Gasteiger partial charge in [0.05, 0.1) is 5.69 Å². The Morgan fingerprint density at radius 3 is 2.50 bits per heavy atom. The van der Waals surface area contributed by atoms with Gasteiger partial charge in [-0.25, -0.2) is 4.98 Å². The highest BCUT2D eigenvalue weighted by Crippen LogP contribution is 2.24. The summed E-state index contributed by atoms with van der Waals surface area (Å²) >= 11 is 0. The van der Waals surface area contributed by atoms with Gasteiger partial charge >= 0.3 is 0 Å². The number of likely N-dealkylation sites (N-methyl/N-ethyl adjacent to an activating group) is 1. The van der Waals surface area contributed by atoms with Crippen molar-refractivity contribution < 1.29 is 0 Å². The van der Waals surface area contributed by atoms with Gasteiger partial charge in [0.15, 0.2) is 0 Å². The summed E-state index contributed by atoms with van der Waals surface area (Å²) in [5, 5.41) is 3.38. The highest BCUT2D eigenvalue weighted by atomic mass is 15.3. The second-order valence-electron chi connectivity index (χ2n) is 6.37. The molecule has 1 aliphatic heterocycles. The third-order valence-electron chi connectivity index (χ3n) is 4.42. The molecule has 1 saturated heterocycles. The van der Waals surface area contributed by atoms with E-state index in [0.29, 0.717) is 0 Å². The lowest BCUT2D eigenvalue weighted by Gasteiger charge is -2.33. The van der Waals surface area contributed by atoms with Crippen LogP contribution in [0.2, 0.25) is 0 Å². The van der Waals surface area contributed by atoms with Gasteiger partial charge in [-0.3, -0.25) is 0 Å². The van der Waals surface area contributed by atoms with Crippen LogP contribution in [0.25, 0.3) is 11.3 Å². The van der Waals surface area contributed by atoms with Crippen molar-refractivity contribution in [1.29, 1.82) is 0 Å². The van der Waals surface area contributed by atoms with Crippen molar-refractivity contribution in [2.45, 2.75) is 19.8 Å². The number of rotatable bonds is 6. The molecule has 0 bridgehead atoms. The number of unbranched alkanes of at least 4 members (excludes halogenated alkanes) is 1. The topological polar surface area (TPSA) is 44.3 Å². The quantitative estimate of drug-likeness (QED) is 0.827. The molecule has 2 heterocycles. The van der Waals surface area contributed by atoms with Gasteiger partial charge in [-0.2, -0.15) is 4.98 Å². The zero-order chi connectivity index (χ0) is 16.8. The van der Waals surface area contributed by atoms with Gasteiger partial charge in [0, 0.05) is 44.4 Å². The van der Waals surface area contributed by atoms with Crippen LogP contribution in [-0.4, -0.2) is 54.6 Å². The second-order valence-corrected chi connectivity index (χ2v) is 6.37. The number of aromatic nitrogens is 2. The summed E-state index contributed by atoms with van der Waals surface area (Å²) in [6.07, 6.45) is 2.29. The Morgan fingerprint density at radius 1 is 1.04 bits per heavy atom. The number of benzene rings is 1. The van der Waals surface area contributed by atoms with Crippen molar-refractivity contribution in [2.75, 3.05) is 50.0 Å². The minimum atomic E-state index is 0.735. The first kappa shape index (κ1) is 16.7. The minimum Gasteiger partial charge on any atom is -0.354 e. The number of hydrogen-bond donors (Lipinski definition) is 1. The standard InChI is InChI=1S/C19H27N5/c1-3-4-10-20-19-21-17(16-8-6-5-7-9-16)15-18(22-19)24-13-11-23(2)12-14-24/h5-9,15H,3-4,10-14H2,1-2H3,(H,20,21,22). The Morgan fingerprint density at radius 2 is 1.79 bits per heavy atom. The van der Waals surface area contributed by atoms with Gasteiger partial charge in [0.25, 0.3) is 0 Å². The molecule has 2 aromatic rings.